The van der Waals surface area contributed by atoms with Gasteiger partial charge in [-0.3, -0.25) is 4.79 Å². The Morgan fingerprint density at radius 3 is 2.39 bits per heavy atom. The van der Waals surface area contributed by atoms with Crippen LogP contribution in [-0.4, -0.2) is 46.6 Å². The first-order chi connectivity index (χ1) is 14.9. The van der Waals surface area contributed by atoms with Crippen LogP contribution in [-0.2, 0) is 21.4 Å². The van der Waals surface area contributed by atoms with Crippen molar-refractivity contribution < 1.29 is 26.9 Å². The SMILES string of the molecule is COCCN(Cc1ccccc1OS(=O)(=O)c1ccc(OC)cc1)C(=O)c1cccs1. The number of methoxy groups -OCH3 is 2. The van der Waals surface area contributed by atoms with Crippen LogP contribution >= 0.6 is 11.3 Å². The minimum atomic E-state index is -4.06. The molecule has 0 atom stereocenters. The molecule has 2 aromatic carbocycles. The summed E-state index contributed by atoms with van der Waals surface area (Å²) in [5.74, 6) is 0.555. The molecule has 7 nitrogen and oxygen atoms in total. The lowest BCUT2D eigenvalue weighted by molar-refractivity contribution is 0.0684. The van der Waals surface area contributed by atoms with E-state index < -0.39 is 10.1 Å². The summed E-state index contributed by atoms with van der Waals surface area (Å²) >= 11 is 1.35. The van der Waals surface area contributed by atoms with Gasteiger partial charge in [0.05, 0.1) is 18.6 Å². The number of carbonyl (C=O) groups is 1. The first-order valence-corrected chi connectivity index (χ1v) is 11.7. The standard InChI is InChI=1S/C22H23NO6S2/c1-27-14-13-23(22(24)21-8-5-15-30-21)16-17-6-3-4-7-20(17)29-31(25,26)19-11-9-18(28-2)10-12-19/h3-12,15H,13-14,16H2,1-2H3. The first-order valence-electron chi connectivity index (χ1n) is 9.43. The van der Waals surface area contributed by atoms with Gasteiger partial charge in [-0.15, -0.1) is 11.3 Å². The molecule has 3 rings (SSSR count). The number of para-hydroxylation sites is 1. The average molecular weight is 462 g/mol. The van der Waals surface area contributed by atoms with Crippen molar-refractivity contribution in [3.63, 3.8) is 0 Å². The molecule has 164 valence electrons. The highest BCUT2D eigenvalue weighted by atomic mass is 32.2. The Bertz CT molecular complexity index is 1100. The fraction of sp³-hybridized carbons (Fsp3) is 0.227. The zero-order valence-electron chi connectivity index (χ0n) is 17.2. The van der Waals surface area contributed by atoms with Gasteiger partial charge < -0.3 is 18.6 Å². The van der Waals surface area contributed by atoms with Crippen molar-refractivity contribution in [2.75, 3.05) is 27.4 Å². The van der Waals surface area contributed by atoms with Crippen LogP contribution in [0.2, 0.25) is 0 Å². The fourth-order valence-electron chi connectivity index (χ4n) is 2.84. The lowest BCUT2D eigenvalue weighted by atomic mass is 10.2. The van der Waals surface area contributed by atoms with Crippen LogP contribution in [0.3, 0.4) is 0 Å². The number of hydrogen-bond acceptors (Lipinski definition) is 7. The molecule has 0 unspecified atom stereocenters. The summed E-state index contributed by atoms with van der Waals surface area (Å²) < 4.78 is 41.2. The maximum Gasteiger partial charge on any atom is 0.339 e. The van der Waals surface area contributed by atoms with Gasteiger partial charge in [-0.1, -0.05) is 24.3 Å². The third-order valence-corrected chi connectivity index (χ3v) is 6.57. The highest BCUT2D eigenvalue weighted by Gasteiger charge is 2.22. The van der Waals surface area contributed by atoms with Gasteiger partial charge in [0.25, 0.3) is 5.91 Å². The van der Waals surface area contributed by atoms with E-state index in [2.05, 4.69) is 0 Å². The third kappa shape index (κ3) is 5.84. The summed E-state index contributed by atoms with van der Waals surface area (Å²) in [6.45, 7) is 0.880. The van der Waals surface area contributed by atoms with Crippen LogP contribution in [0.4, 0.5) is 0 Å². The number of carbonyl (C=O) groups excluding carboxylic acids is 1. The van der Waals surface area contributed by atoms with Crippen molar-refractivity contribution in [3.05, 3.63) is 76.5 Å². The van der Waals surface area contributed by atoms with E-state index >= 15 is 0 Å². The van der Waals surface area contributed by atoms with Gasteiger partial charge in [0.1, 0.15) is 16.4 Å². The molecule has 3 aromatic rings. The Morgan fingerprint density at radius 2 is 1.74 bits per heavy atom. The Morgan fingerprint density at radius 1 is 1.00 bits per heavy atom. The zero-order chi connectivity index (χ0) is 22.3. The predicted molar refractivity (Wildman–Crippen MR) is 118 cm³/mol. The quantitative estimate of drug-likeness (QED) is 0.427. The minimum absolute atomic E-state index is 0.00834. The maximum absolute atomic E-state index is 12.9. The van der Waals surface area contributed by atoms with Gasteiger partial charge in [0, 0.05) is 25.8 Å². The number of amides is 1. The number of thiophene rings is 1. The molecule has 1 heterocycles. The molecule has 0 fully saturated rings. The molecule has 0 saturated heterocycles. The van der Waals surface area contributed by atoms with Gasteiger partial charge in [0.15, 0.2) is 0 Å². The first kappa shape index (κ1) is 22.8. The molecular weight excluding hydrogens is 438 g/mol. The van der Waals surface area contributed by atoms with Crippen LogP contribution in [0.25, 0.3) is 0 Å². The van der Waals surface area contributed by atoms with Gasteiger partial charge in [-0.2, -0.15) is 8.42 Å². The van der Waals surface area contributed by atoms with Crippen molar-refractivity contribution in [2.24, 2.45) is 0 Å². The van der Waals surface area contributed by atoms with Crippen LogP contribution < -0.4 is 8.92 Å². The summed E-state index contributed by atoms with van der Waals surface area (Å²) in [5, 5.41) is 1.83. The Balaban J connectivity index is 1.84. The largest absolute Gasteiger partial charge is 0.497 e. The van der Waals surface area contributed by atoms with E-state index in [1.807, 2.05) is 11.4 Å². The molecule has 31 heavy (non-hydrogen) atoms. The predicted octanol–water partition coefficient (Wildman–Crippen LogP) is 3.81. The number of benzene rings is 2. The molecule has 1 amide bonds. The van der Waals surface area contributed by atoms with Gasteiger partial charge in [-0.25, -0.2) is 0 Å². The number of rotatable bonds is 10. The summed E-state index contributed by atoms with van der Waals surface area (Å²) in [4.78, 5) is 15.1. The van der Waals surface area contributed by atoms with E-state index in [4.69, 9.17) is 13.7 Å². The highest BCUT2D eigenvalue weighted by Crippen LogP contribution is 2.26. The van der Waals surface area contributed by atoms with Crippen molar-refractivity contribution in [1.29, 1.82) is 0 Å². The van der Waals surface area contributed by atoms with Crippen molar-refractivity contribution >= 4 is 27.4 Å². The Labute approximate surface area is 185 Å². The molecule has 0 aliphatic rings. The van der Waals surface area contributed by atoms with Gasteiger partial charge in [-0.05, 0) is 41.8 Å². The van der Waals surface area contributed by atoms with Gasteiger partial charge in [0.2, 0.25) is 0 Å². The lowest BCUT2D eigenvalue weighted by Gasteiger charge is -2.23. The highest BCUT2D eigenvalue weighted by molar-refractivity contribution is 7.87. The van der Waals surface area contributed by atoms with Crippen LogP contribution in [0, 0.1) is 0 Å². The van der Waals surface area contributed by atoms with Crippen LogP contribution in [0.1, 0.15) is 15.2 Å². The van der Waals surface area contributed by atoms with Crippen molar-refractivity contribution in [1.82, 2.24) is 4.90 Å². The molecule has 0 saturated carbocycles. The van der Waals surface area contributed by atoms with Crippen LogP contribution in [0.15, 0.2) is 70.9 Å². The second-order valence-corrected chi connectivity index (χ2v) is 9.01. The van der Waals surface area contributed by atoms with Gasteiger partial charge >= 0.3 is 10.1 Å². The van der Waals surface area contributed by atoms with E-state index in [-0.39, 0.29) is 23.1 Å². The van der Waals surface area contributed by atoms with E-state index in [0.29, 0.717) is 29.3 Å². The Kier molecular flexibility index (Phi) is 7.67. The smallest absolute Gasteiger partial charge is 0.339 e. The normalized spacial score (nSPS) is 11.2. The van der Waals surface area contributed by atoms with E-state index in [1.165, 1.54) is 30.6 Å². The van der Waals surface area contributed by atoms with Crippen LogP contribution in [0.5, 0.6) is 11.5 Å². The number of ether oxygens (including phenoxy) is 2. The minimum Gasteiger partial charge on any atom is -0.497 e. The molecule has 0 aliphatic carbocycles. The Hall–Kier alpha value is -2.88. The monoisotopic (exact) mass is 461 g/mol. The zero-order valence-corrected chi connectivity index (χ0v) is 18.8. The summed E-state index contributed by atoms with van der Waals surface area (Å²) in [6, 6.07) is 16.3. The molecule has 0 N–H and O–H groups in total. The summed E-state index contributed by atoms with van der Waals surface area (Å²) in [5.41, 5.74) is 0.570. The molecule has 0 aliphatic heterocycles. The fourth-order valence-corrected chi connectivity index (χ4v) is 4.50. The second kappa shape index (κ2) is 10.4. The summed E-state index contributed by atoms with van der Waals surface area (Å²) in [7, 11) is -0.994. The summed E-state index contributed by atoms with van der Waals surface area (Å²) in [6.07, 6.45) is 0. The molecule has 9 heteroatoms. The molecule has 0 spiro atoms. The average Bonchev–Trinajstić information content (AvgIpc) is 3.32. The number of hydrogen-bond donors (Lipinski definition) is 0. The molecule has 0 bridgehead atoms. The van der Waals surface area contributed by atoms with E-state index in [1.54, 1.807) is 54.5 Å². The van der Waals surface area contributed by atoms with E-state index in [9.17, 15) is 13.2 Å². The van der Waals surface area contributed by atoms with Crippen molar-refractivity contribution in [2.45, 2.75) is 11.4 Å². The number of nitrogens with zero attached hydrogens (tertiary/aromatic N) is 1. The van der Waals surface area contributed by atoms with E-state index in [0.717, 1.165) is 0 Å². The lowest BCUT2D eigenvalue weighted by Crippen LogP contribution is -2.33. The maximum atomic E-state index is 12.9. The topological polar surface area (TPSA) is 82.1 Å². The van der Waals surface area contributed by atoms with Crippen molar-refractivity contribution in [3.8, 4) is 11.5 Å². The molecular formula is C22H23NO6S2. The molecule has 1 aromatic heterocycles. The molecule has 0 radical (unpaired) electrons. The second-order valence-electron chi connectivity index (χ2n) is 6.52. The third-order valence-electron chi connectivity index (χ3n) is 4.47.